The maximum absolute atomic E-state index is 10.9. The van der Waals surface area contributed by atoms with Gasteiger partial charge in [-0.05, 0) is 50.0 Å². The molecule has 1 unspecified atom stereocenters. The molecule has 1 aromatic heterocycles. The van der Waals surface area contributed by atoms with Gasteiger partial charge in [0, 0.05) is 18.4 Å². The topological polar surface area (TPSA) is 48.4 Å². The van der Waals surface area contributed by atoms with Crippen LogP contribution in [0.3, 0.4) is 0 Å². The molecule has 122 valence electrons. The second-order valence-electron chi connectivity index (χ2n) is 4.58. The number of thiocarbonyl (C=S) groups is 1. The van der Waals surface area contributed by atoms with Crippen LogP contribution in [0.5, 0.6) is 0 Å². The molecule has 0 aliphatic rings. The highest BCUT2D eigenvalue weighted by Crippen LogP contribution is 2.23. The summed E-state index contributed by atoms with van der Waals surface area (Å²) in [4.78, 5) is 14.9. The summed E-state index contributed by atoms with van der Waals surface area (Å²) in [6.45, 7) is 4.26. The van der Waals surface area contributed by atoms with Crippen molar-refractivity contribution in [1.29, 1.82) is 0 Å². The Morgan fingerprint density at radius 2 is 2.18 bits per heavy atom. The first kappa shape index (κ1) is 19.2. The highest BCUT2D eigenvalue weighted by Gasteiger charge is 2.14. The van der Waals surface area contributed by atoms with Gasteiger partial charge in [-0.25, -0.2) is 4.98 Å². The minimum absolute atomic E-state index is 0.231. The smallest absolute Gasteiger partial charge is 0.302 e. The van der Waals surface area contributed by atoms with E-state index in [1.54, 1.807) is 12.3 Å². The number of thioether (sulfide) groups is 1. The molecule has 0 amide bonds. The molecule has 22 heavy (non-hydrogen) atoms. The van der Waals surface area contributed by atoms with E-state index >= 15 is 0 Å². The number of halogens is 1. The summed E-state index contributed by atoms with van der Waals surface area (Å²) in [5.41, 5.74) is 1.12. The molecule has 0 aliphatic heterocycles. The van der Waals surface area contributed by atoms with Crippen LogP contribution in [0.1, 0.15) is 32.3 Å². The second kappa shape index (κ2) is 10.8. The third-order valence-electron chi connectivity index (χ3n) is 2.81. The van der Waals surface area contributed by atoms with E-state index < -0.39 is 0 Å². The van der Waals surface area contributed by atoms with Gasteiger partial charge in [0.15, 0.2) is 0 Å². The van der Waals surface area contributed by atoms with E-state index in [1.807, 2.05) is 13.0 Å². The quantitative estimate of drug-likeness (QED) is 0.395. The van der Waals surface area contributed by atoms with Gasteiger partial charge in [0.2, 0.25) is 4.38 Å². The van der Waals surface area contributed by atoms with Gasteiger partial charge in [0.05, 0.1) is 13.2 Å². The number of carbonyl (C=O) groups is 1. The van der Waals surface area contributed by atoms with Crippen molar-refractivity contribution in [3.05, 3.63) is 29.0 Å². The number of aromatic nitrogens is 1. The van der Waals surface area contributed by atoms with Gasteiger partial charge in [-0.3, -0.25) is 4.79 Å². The van der Waals surface area contributed by atoms with Crippen molar-refractivity contribution < 1.29 is 14.3 Å². The molecule has 1 aromatic rings. The van der Waals surface area contributed by atoms with E-state index in [4.69, 9.17) is 33.3 Å². The summed E-state index contributed by atoms with van der Waals surface area (Å²) in [6.07, 6.45) is 4.26. The van der Waals surface area contributed by atoms with Crippen LogP contribution in [0.25, 0.3) is 0 Å². The fourth-order valence-corrected chi connectivity index (χ4v) is 3.31. The number of pyridine rings is 1. The Bertz CT molecular complexity index is 482. The molecular weight excluding hydrogens is 342 g/mol. The van der Waals surface area contributed by atoms with Crippen molar-refractivity contribution in [3.8, 4) is 0 Å². The number of ether oxygens (including phenoxy) is 2. The van der Waals surface area contributed by atoms with Gasteiger partial charge in [-0.2, -0.15) is 0 Å². The van der Waals surface area contributed by atoms with E-state index in [9.17, 15) is 4.79 Å². The minimum Gasteiger partial charge on any atom is -0.479 e. The minimum atomic E-state index is -0.266. The van der Waals surface area contributed by atoms with Crippen LogP contribution in [-0.4, -0.2) is 33.8 Å². The molecule has 0 fully saturated rings. The van der Waals surface area contributed by atoms with Gasteiger partial charge in [0.1, 0.15) is 5.15 Å². The standard InChI is InChI=1S/C15H20ClNO3S2/c1-3-19-15(21)22-13(8-9-20-11(2)18)6-4-12-5-7-14(16)17-10-12/h5,7,10,13H,3-4,6,8-9H2,1-2H3. The van der Waals surface area contributed by atoms with Crippen LogP contribution >= 0.6 is 35.6 Å². The van der Waals surface area contributed by atoms with Gasteiger partial charge in [-0.15, -0.1) is 0 Å². The zero-order chi connectivity index (χ0) is 16.4. The predicted octanol–water partition coefficient (Wildman–Crippen LogP) is 4.04. The molecule has 0 spiro atoms. The summed E-state index contributed by atoms with van der Waals surface area (Å²) < 4.78 is 10.9. The van der Waals surface area contributed by atoms with Crippen LogP contribution in [0, 0.1) is 0 Å². The molecule has 0 saturated carbocycles. The fourth-order valence-electron chi connectivity index (χ4n) is 1.77. The van der Waals surface area contributed by atoms with E-state index in [2.05, 4.69) is 4.98 Å². The average molecular weight is 362 g/mol. The number of hydrogen-bond acceptors (Lipinski definition) is 6. The molecular formula is C15H20ClNO3S2. The first-order chi connectivity index (χ1) is 10.5. The highest BCUT2D eigenvalue weighted by atomic mass is 35.5. The maximum Gasteiger partial charge on any atom is 0.302 e. The van der Waals surface area contributed by atoms with Gasteiger partial charge < -0.3 is 9.47 Å². The van der Waals surface area contributed by atoms with E-state index in [0.29, 0.717) is 22.7 Å². The first-order valence-corrected chi connectivity index (χ1v) is 8.75. The lowest BCUT2D eigenvalue weighted by molar-refractivity contribution is -0.141. The molecule has 0 N–H and O–H groups in total. The molecule has 0 radical (unpaired) electrons. The normalized spacial score (nSPS) is 11.8. The Morgan fingerprint density at radius 3 is 2.77 bits per heavy atom. The Balaban J connectivity index is 2.49. The van der Waals surface area contributed by atoms with Crippen LogP contribution in [0.15, 0.2) is 18.3 Å². The number of carbonyl (C=O) groups excluding carboxylic acids is 1. The van der Waals surface area contributed by atoms with Crippen molar-refractivity contribution in [2.24, 2.45) is 0 Å². The van der Waals surface area contributed by atoms with Crippen LogP contribution < -0.4 is 0 Å². The Kier molecular flexibility index (Phi) is 9.43. The number of hydrogen-bond donors (Lipinski definition) is 0. The lowest BCUT2D eigenvalue weighted by Gasteiger charge is -2.16. The summed E-state index contributed by atoms with van der Waals surface area (Å²) in [5.74, 6) is -0.266. The van der Waals surface area contributed by atoms with Crippen molar-refractivity contribution in [1.82, 2.24) is 4.98 Å². The van der Waals surface area contributed by atoms with Crippen LogP contribution in [-0.2, 0) is 20.7 Å². The summed E-state index contributed by atoms with van der Waals surface area (Å²) in [5, 5.41) is 0.719. The third kappa shape index (κ3) is 8.56. The Morgan fingerprint density at radius 1 is 1.41 bits per heavy atom. The number of esters is 1. The van der Waals surface area contributed by atoms with E-state index in [1.165, 1.54) is 18.7 Å². The van der Waals surface area contributed by atoms with Crippen molar-refractivity contribution in [3.63, 3.8) is 0 Å². The Hall–Kier alpha value is -0.850. The lowest BCUT2D eigenvalue weighted by atomic mass is 10.1. The summed E-state index contributed by atoms with van der Waals surface area (Å²) in [7, 11) is 0. The van der Waals surface area contributed by atoms with Crippen molar-refractivity contribution >= 4 is 45.9 Å². The van der Waals surface area contributed by atoms with Gasteiger partial charge in [0.25, 0.3) is 0 Å². The monoisotopic (exact) mass is 361 g/mol. The zero-order valence-corrected chi connectivity index (χ0v) is 15.1. The Labute approximate surface area is 145 Å². The van der Waals surface area contributed by atoms with Crippen molar-refractivity contribution in [2.45, 2.75) is 38.4 Å². The zero-order valence-electron chi connectivity index (χ0n) is 12.7. The molecule has 1 heterocycles. The summed E-state index contributed by atoms with van der Waals surface area (Å²) in [6, 6.07) is 3.74. The highest BCUT2D eigenvalue weighted by molar-refractivity contribution is 8.23. The maximum atomic E-state index is 10.9. The van der Waals surface area contributed by atoms with Gasteiger partial charge in [-0.1, -0.05) is 29.4 Å². The summed E-state index contributed by atoms with van der Waals surface area (Å²) >= 11 is 12.5. The number of nitrogens with zero attached hydrogens (tertiary/aromatic N) is 1. The SMILES string of the molecule is CCOC(=S)SC(CCOC(C)=O)CCc1ccc(Cl)nc1. The largest absolute Gasteiger partial charge is 0.479 e. The van der Waals surface area contributed by atoms with Gasteiger partial charge >= 0.3 is 5.97 Å². The first-order valence-electron chi connectivity index (χ1n) is 7.08. The number of aryl methyl sites for hydroxylation is 1. The molecule has 1 atom stereocenters. The molecule has 4 nitrogen and oxygen atoms in total. The molecule has 7 heteroatoms. The fraction of sp³-hybridized carbons (Fsp3) is 0.533. The molecule has 0 aromatic carbocycles. The van der Waals surface area contributed by atoms with Crippen LogP contribution in [0.4, 0.5) is 0 Å². The lowest BCUT2D eigenvalue weighted by Crippen LogP contribution is -2.13. The van der Waals surface area contributed by atoms with E-state index in [0.717, 1.165) is 24.8 Å². The molecule has 1 rings (SSSR count). The average Bonchev–Trinajstić information content (AvgIpc) is 2.46. The van der Waals surface area contributed by atoms with E-state index in [-0.39, 0.29) is 11.2 Å². The predicted molar refractivity (Wildman–Crippen MR) is 94.4 cm³/mol. The van der Waals surface area contributed by atoms with Crippen molar-refractivity contribution in [2.75, 3.05) is 13.2 Å². The molecule has 0 aliphatic carbocycles. The van der Waals surface area contributed by atoms with Crippen LogP contribution in [0.2, 0.25) is 5.15 Å². The number of rotatable bonds is 8. The molecule has 0 saturated heterocycles. The second-order valence-corrected chi connectivity index (χ2v) is 6.87. The third-order valence-corrected chi connectivity index (χ3v) is 4.56. The molecule has 0 bridgehead atoms.